The second kappa shape index (κ2) is 5.80. The van der Waals surface area contributed by atoms with Gasteiger partial charge in [0.2, 0.25) is 0 Å². The number of ether oxygens (including phenoxy) is 1. The SMILES string of the molecule is CCCNc1ccnc(CC2CCCO2)n1. The van der Waals surface area contributed by atoms with Crippen LogP contribution in [0.2, 0.25) is 0 Å². The molecule has 0 spiro atoms. The highest BCUT2D eigenvalue weighted by Gasteiger charge is 2.17. The van der Waals surface area contributed by atoms with Crippen molar-refractivity contribution in [1.82, 2.24) is 9.97 Å². The fourth-order valence-electron chi connectivity index (χ4n) is 1.86. The van der Waals surface area contributed by atoms with Gasteiger partial charge in [-0.05, 0) is 25.3 Å². The van der Waals surface area contributed by atoms with Crippen LogP contribution in [0, 0.1) is 0 Å². The van der Waals surface area contributed by atoms with Gasteiger partial charge >= 0.3 is 0 Å². The lowest BCUT2D eigenvalue weighted by Crippen LogP contribution is -2.12. The third-order valence-corrected chi connectivity index (χ3v) is 2.70. The maximum absolute atomic E-state index is 5.58. The summed E-state index contributed by atoms with van der Waals surface area (Å²) >= 11 is 0. The Morgan fingerprint density at radius 3 is 3.25 bits per heavy atom. The quantitative estimate of drug-likeness (QED) is 0.826. The Kier molecular flexibility index (Phi) is 4.10. The van der Waals surface area contributed by atoms with Crippen molar-refractivity contribution < 1.29 is 4.74 Å². The Morgan fingerprint density at radius 1 is 1.56 bits per heavy atom. The number of nitrogens with one attached hydrogen (secondary N) is 1. The lowest BCUT2D eigenvalue weighted by Gasteiger charge is -2.09. The van der Waals surface area contributed by atoms with Crippen LogP contribution < -0.4 is 5.32 Å². The van der Waals surface area contributed by atoms with Gasteiger partial charge in [0.15, 0.2) is 0 Å². The van der Waals surface area contributed by atoms with Gasteiger partial charge in [0.1, 0.15) is 11.6 Å². The molecule has 0 aliphatic carbocycles. The number of hydrogen-bond donors (Lipinski definition) is 1. The lowest BCUT2D eigenvalue weighted by molar-refractivity contribution is 0.110. The largest absolute Gasteiger partial charge is 0.378 e. The molecule has 16 heavy (non-hydrogen) atoms. The Morgan fingerprint density at radius 2 is 2.50 bits per heavy atom. The third-order valence-electron chi connectivity index (χ3n) is 2.70. The highest BCUT2D eigenvalue weighted by molar-refractivity contribution is 5.32. The van der Waals surface area contributed by atoms with Gasteiger partial charge in [0, 0.05) is 25.8 Å². The summed E-state index contributed by atoms with van der Waals surface area (Å²) in [5, 5.41) is 3.27. The van der Waals surface area contributed by atoms with E-state index in [-0.39, 0.29) is 0 Å². The molecule has 1 aromatic heterocycles. The Bertz CT molecular complexity index is 324. The molecule has 2 heterocycles. The van der Waals surface area contributed by atoms with Crippen molar-refractivity contribution in [3.05, 3.63) is 18.1 Å². The van der Waals surface area contributed by atoms with E-state index >= 15 is 0 Å². The molecule has 1 unspecified atom stereocenters. The van der Waals surface area contributed by atoms with Crippen LogP contribution in [-0.4, -0.2) is 29.2 Å². The first-order valence-electron chi connectivity index (χ1n) is 6.06. The van der Waals surface area contributed by atoms with E-state index in [0.717, 1.165) is 44.1 Å². The van der Waals surface area contributed by atoms with Crippen molar-refractivity contribution in [2.75, 3.05) is 18.5 Å². The minimum absolute atomic E-state index is 0.321. The van der Waals surface area contributed by atoms with Crippen LogP contribution in [0.15, 0.2) is 12.3 Å². The number of hydrogen-bond acceptors (Lipinski definition) is 4. The molecule has 1 atom stereocenters. The van der Waals surface area contributed by atoms with Crippen LogP contribution in [0.5, 0.6) is 0 Å². The molecule has 88 valence electrons. The van der Waals surface area contributed by atoms with E-state index in [1.165, 1.54) is 6.42 Å². The van der Waals surface area contributed by atoms with Crippen molar-refractivity contribution in [2.45, 2.75) is 38.7 Å². The first-order chi connectivity index (χ1) is 7.88. The molecular weight excluding hydrogens is 202 g/mol. The number of aromatic nitrogens is 2. The second-order valence-electron chi connectivity index (χ2n) is 4.12. The number of rotatable bonds is 5. The molecule has 2 rings (SSSR count). The zero-order chi connectivity index (χ0) is 11.2. The molecule has 1 saturated heterocycles. The molecule has 0 radical (unpaired) electrons. The van der Waals surface area contributed by atoms with Crippen LogP contribution >= 0.6 is 0 Å². The van der Waals surface area contributed by atoms with Crippen molar-refractivity contribution in [3.8, 4) is 0 Å². The van der Waals surface area contributed by atoms with Crippen molar-refractivity contribution >= 4 is 5.82 Å². The molecule has 0 bridgehead atoms. The number of anilines is 1. The van der Waals surface area contributed by atoms with Gasteiger partial charge in [0.05, 0.1) is 6.10 Å². The summed E-state index contributed by atoms with van der Waals surface area (Å²) in [5.74, 6) is 1.80. The topological polar surface area (TPSA) is 47.0 Å². The molecular formula is C12H19N3O. The first kappa shape index (κ1) is 11.3. The van der Waals surface area contributed by atoms with Crippen molar-refractivity contribution in [3.63, 3.8) is 0 Å². The Hall–Kier alpha value is -1.16. The summed E-state index contributed by atoms with van der Waals surface area (Å²) < 4.78 is 5.58. The van der Waals surface area contributed by atoms with Gasteiger partial charge in [-0.3, -0.25) is 0 Å². The van der Waals surface area contributed by atoms with Crippen LogP contribution in [0.1, 0.15) is 32.0 Å². The zero-order valence-electron chi connectivity index (χ0n) is 9.78. The van der Waals surface area contributed by atoms with Crippen LogP contribution in [0.4, 0.5) is 5.82 Å². The van der Waals surface area contributed by atoms with E-state index in [0.29, 0.717) is 6.10 Å². The average molecular weight is 221 g/mol. The van der Waals surface area contributed by atoms with Gasteiger partial charge < -0.3 is 10.1 Å². The molecule has 0 amide bonds. The number of nitrogens with zero attached hydrogens (tertiary/aromatic N) is 2. The Labute approximate surface area is 96.4 Å². The second-order valence-corrected chi connectivity index (χ2v) is 4.12. The van der Waals surface area contributed by atoms with Crippen LogP contribution in [-0.2, 0) is 11.2 Å². The third kappa shape index (κ3) is 3.17. The van der Waals surface area contributed by atoms with E-state index in [9.17, 15) is 0 Å². The molecule has 0 saturated carbocycles. The summed E-state index contributed by atoms with van der Waals surface area (Å²) in [6.07, 6.45) is 6.37. The van der Waals surface area contributed by atoms with Crippen molar-refractivity contribution in [2.24, 2.45) is 0 Å². The van der Waals surface area contributed by atoms with Gasteiger partial charge in [-0.2, -0.15) is 0 Å². The van der Waals surface area contributed by atoms with Gasteiger partial charge in [0.25, 0.3) is 0 Å². The molecule has 1 aromatic rings. The minimum atomic E-state index is 0.321. The smallest absolute Gasteiger partial charge is 0.133 e. The van der Waals surface area contributed by atoms with E-state index < -0.39 is 0 Å². The van der Waals surface area contributed by atoms with Gasteiger partial charge in [-0.25, -0.2) is 9.97 Å². The van der Waals surface area contributed by atoms with Crippen LogP contribution in [0.25, 0.3) is 0 Å². The normalized spacial score (nSPS) is 19.9. The first-order valence-corrected chi connectivity index (χ1v) is 6.06. The molecule has 4 heteroatoms. The maximum Gasteiger partial charge on any atom is 0.133 e. The van der Waals surface area contributed by atoms with E-state index in [2.05, 4.69) is 22.2 Å². The summed E-state index contributed by atoms with van der Waals surface area (Å²) in [4.78, 5) is 8.75. The minimum Gasteiger partial charge on any atom is -0.378 e. The van der Waals surface area contributed by atoms with E-state index in [4.69, 9.17) is 4.74 Å². The monoisotopic (exact) mass is 221 g/mol. The molecule has 0 aromatic carbocycles. The summed E-state index contributed by atoms with van der Waals surface area (Å²) in [7, 11) is 0. The molecule has 1 N–H and O–H groups in total. The predicted octanol–water partition coefficient (Wildman–Crippen LogP) is 2.02. The fourth-order valence-corrected chi connectivity index (χ4v) is 1.86. The lowest BCUT2D eigenvalue weighted by atomic mass is 10.2. The molecule has 1 fully saturated rings. The summed E-state index contributed by atoms with van der Waals surface area (Å²) in [5.41, 5.74) is 0. The fraction of sp³-hybridized carbons (Fsp3) is 0.667. The molecule has 1 aliphatic heterocycles. The predicted molar refractivity (Wildman–Crippen MR) is 63.5 cm³/mol. The van der Waals surface area contributed by atoms with E-state index in [1.54, 1.807) is 0 Å². The molecule has 1 aliphatic rings. The van der Waals surface area contributed by atoms with Crippen LogP contribution in [0.3, 0.4) is 0 Å². The standard InChI is InChI=1S/C12H19N3O/c1-2-6-13-11-5-7-14-12(15-11)9-10-4-3-8-16-10/h5,7,10H,2-4,6,8-9H2,1H3,(H,13,14,15). The maximum atomic E-state index is 5.58. The highest BCUT2D eigenvalue weighted by Crippen LogP contribution is 2.15. The summed E-state index contributed by atoms with van der Waals surface area (Å²) in [6.45, 7) is 3.98. The zero-order valence-corrected chi connectivity index (χ0v) is 9.78. The highest BCUT2D eigenvalue weighted by atomic mass is 16.5. The van der Waals surface area contributed by atoms with Crippen molar-refractivity contribution in [1.29, 1.82) is 0 Å². The summed E-state index contributed by atoms with van der Waals surface area (Å²) in [6, 6.07) is 1.91. The molecule has 4 nitrogen and oxygen atoms in total. The van der Waals surface area contributed by atoms with Gasteiger partial charge in [-0.1, -0.05) is 6.92 Å². The average Bonchev–Trinajstić information content (AvgIpc) is 2.80. The van der Waals surface area contributed by atoms with Gasteiger partial charge in [-0.15, -0.1) is 0 Å². The van der Waals surface area contributed by atoms with E-state index in [1.807, 2.05) is 12.3 Å². The Balaban J connectivity index is 1.92.